The van der Waals surface area contributed by atoms with Gasteiger partial charge in [-0.1, -0.05) is 26.0 Å². The van der Waals surface area contributed by atoms with E-state index in [1.165, 1.54) is 33.1 Å². The first kappa shape index (κ1) is 20.7. The van der Waals surface area contributed by atoms with E-state index in [0.29, 0.717) is 23.7 Å². The van der Waals surface area contributed by atoms with Crippen molar-refractivity contribution in [2.24, 2.45) is 40.4 Å². The number of fused-ring (bicyclic) bond motifs is 5. The summed E-state index contributed by atoms with van der Waals surface area (Å²) in [7, 11) is 0. The number of rotatable bonds is 3. The number of carbonyl (C=O) groups is 2. The van der Waals surface area contributed by atoms with E-state index in [-0.39, 0.29) is 40.9 Å². The molecule has 4 aliphatic rings. The zero-order valence-corrected chi connectivity index (χ0v) is 18.4. The van der Waals surface area contributed by atoms with E-state index in [4.69, 9.17) is 9.47 Å². The van der Waals surface area contributed by atoms with E-state index >= 15 is 0 Å². The fraction of sp³-hybridized carbons (Fsp3) is 0.760. The summed E-state index contributed by atoms with van der Waals surface area (Å²) in [5.74, 6) is 2.34. The first-order valence-electron chi connectivity index (χ1n) is 11.4. The molecule has 3 fully saturated rings. The summed E-state index contributed by atoms with van der Waals surface area (Å²) < 4.78 is 11.3. The van der Waals surface area contributed by atoms with Gasteiger partial charge >= 0.3 is 11.9 Å². The minimum atomic E-state index is -0.191. The van der Waals surface area contributed by atoms with Crippen LogP contribution in [0, 0.1) is 40.4 Å². The van der Waals surface area contributed by atoms with Crippen molar-refractivity contribution < 1.29 is 19.1 Å². The average Bonchev–Trinajstić information content (AvgIpc) is 2.92. The van der Waals surface area contributed by atoms with Crippen LogP contribution in [-0.4, -0.2) is 24.1 Å². The van der Waals surface area contributed by atoms with Crippen LogP contribution in [0.1, 0.15) is 66.2 Å². The van der Waals surface area contributed by atoms with E-state index in [2.05, 4.69) is 32.6 Å². The number of hydrogen-bond acceptors (Lipinski definition) is 4. The summed E-state index contributed by atoms with van der Waals surface area (Å²) in [6.45, 7) is 12.0. The molecule has 4 rings (SSSR count). The Morgan fingerprint density at radius 2 is 1.76 bits per heavy atom. The Labute approximate surface area is 175 Å². The molecule has 0 bridgehead atoms. The monoisotopic (exact) mass is 400 g/mol. The van der Waals surface area contributed by atoms with Gasteiger partial charge in [0.05, 0.1) is 0 Å². The molecule has 4 nitrogen and oxygen atoms in total. The van der Waals surface area contributed by atoms with Gasteiger partial charge in [-0.15, -0.1) is 6.58 Å². The van der Waals surface area contributed by atoms with Gasteiger partial charge in [0.25, 0.3) is 0 Å². The molecule has 0 aromatic heterocycles. The standard InChI is InChI=1S/C25H36O4/c1-6-20-23(29-16(3)27)14-22-19-8-7-17-13-18(28-15(2)26)9-11-24(17,4)21(19)10-12-25(20,22)5/h6,9,11,17-23H,1,7-8,10,12-14H2,2-5H3/t17?,18-,19?,20+,21?,22?,23+,24+,25-/m1/s1. The van der Waals surface area contributed by atoms with E-state index in [1.807, 2.05) is 6.08 Å². The van der Waals surface area contributed by atoms with Gasteiger partial charge in [-0.3, -0.25) is 9.59 Å². The van der Waals surface area contributed by atoms with Gasteiger partial charge in [0, 0.05) is 19.8 Å². The quantitative estimate of drug-likeness (QED) is 0.490. The molecular weight excluding hydrogens is 364 g/mol. The third kappa shape index (κ3) is 3.27. The molecule has 0 spiro atoms. The van der Waals surface area contributed by atoms with Gasteiger partial charge in [-0.25, -0.2) is 0 Å². The van der Waals surface area contributed by atoms with Crippen LogP contribution in [0.2, 0.25) is 0 Å². The highest BCUT2D eigenvalue weighted by atomic mass is 16.5. The fourth-order valence-corrected chi connectivity index (χ4v) is 7.86. The number of carbonyl (C=O) groups excluding carboxylic acids is 2. The SMILES string of the molecule is C=C[C@H]1[C@@H](OC(C)=O)CC2C3CCC4C[C@H](OC(C)=O)C=C[C@]4(C)C3CC[C@@]21C. The van der Waals surface area contributed by atoms with E-state index < -0.39 is 0 Å². The zero-order valence-electron chi connectivity index (χ0n) is 18.4. The predicted molar refractivity (Wildman–Crippen MR) is 112 cm³/mol. The van der Waals surface area contributed by atoms with Gasteiger partial charge in [0.2, 0.25) is 0 Å². The van der Waals surface area contributed by atoms with Crippen LogP contribution in [-0.2, 0) is 19.1 Å². The van der Waals surface area contributed by atoms with Crippen molar-refractivity contribution in [3.63, 3.8) is 0 Å². The lowest BCUT2D eigenvalue weighted by Crippen LogP contribution is -2.52. The second-order valence-electron chi connectivity index (χ2n) is 10.4. The number of ether oxygens (including phenoxy) is 2. The van der Waals surface area contributed by atoms with Crippen molar-refractivity contribution >= 4 is 11.9 Å². The van der Waals surface area contributed by atoms with Gasteiger partial charge in [-0.05, 0) is 79.1 Å². The molecule has 160 valence electrons. The van der Waals surface area contributed by atoms with E-state index in [0.717, 1.165) is 19.3 Å². The summed E-state index contributed by atoms with van der Waals surface area (Å²) in [4.78, 5) is 23.1. The average molecular weight is 401 g/mol. The lowest BCUT2D eigenvalue weighted by molar-refractivity contribution is -0.148. The van der Waals surface area contributed by atoms with Crippen LogP contribution in [0.3, 0.4) is 0 Å². The normalized spacial score (nSPS) is 48.1. The minimum Gasteiger partial charge on any atom is -0.462 e. The topological polar surface area (TPSA) is 52.6 Å². The maximum absolute atomic E-state index is 11.7. The molecule has 29 heavy (non-hydrogen) atoms. The van der Waals surface area contributed by atoms with E-state index in [1.54, 1.807) is 0 Å². The Morgan fingerprint density at radius 3 is 2.41 bits per heavy atom. The molecule has 0 heterocycles. The Bertz CT molecular complexity index is 726. The molecule has 0 radical (unpaired) electrons. The molecule has 0 N–H and O–H groups in total. The first-order chi connectivity index (χ1) is 13.7. The molecule has 9 atom stereocenters. The van der Waals surface area contributed by atoms with Crippen LogP contribution in [0.25, 0.3) is 0 Å². The fourth-order valence-electron chi connectivity index (χ4n) is 7.86. The minimum absolute atomic E-state index is 0.0282. The third-order valence-corrected chi connectivity index (χ3v) is 9.13. The number of allylic oxidation sites excluding steroid dienone is 1. The summed E-state index contributed by atoms with van der Waals surface area (Å²) in [6.07, 6.45) is 13.2. The highest BCUT2D eigenvalue weighted by Gasteiger charge is 2.62. The third-order valence-electron chi connectivity index (χ3n) is 9.13. The largest absolute Gasteiger partial charge is 0.462 e. The summed E-state index contributed by atoms with van der Waals surface area (Å²) >= 11 is 0. The molecule has 3 saturated carbocycles. The van der Waals surface area contributed by atoms with Gasteiger partial charge in [0.1, 0.15) is 12.2 Å². The maximum atomic E-state index is 11.7. The van der Waals surface area contributed by atoms with Crippen molar-refractivity contribution in [1.82, 2.24) is 0 Å². The lowest BCUT2D eigenvalue weighted by Gasteiger charge is -2.59. The van der Waals surface area contributed by atoms with Gasteiger partial charge in [-0.2, -0.15) is 0 Å². The Balaban J connectivity index is 1.59. The Kier molecular flexibility index (Phi) is 5.19. The second kappa shape index (κ2) is 7.28. The molecule has 4 unspecified atom stereocenters. The number of hydrogen-bond donors (Lipinski definition) is 0. The molecule has 4 aliphatic carbocycles. The Morgan fingerprint density at radius 1 is 1.03 bits per heavy atom. The van der Waals surface area contributed by atoms with Crippen LogP contribution >= 0.6 is 0 Å². The summed E-state index contributed by atoms with van der Waals surface area (Å²) in [6, 6.07) is 0. The molecule has 0 aromatic rings. The zero-order chi connectivity index (χ0) is 21.0. The van der Waals surface area contributed by atoms with Crippen molar-refractivity contribution in [3.8, 4) is 0 Å². The molecule has 0 amide bonds. The highest BCUT2D eigenvalue weighted by Crippen LogP contribution is 2.67. The van der Waals surface area contributed by atoms with Crippen molar-refractivity contribution in [2.75, 3.05) is 0 Å². The van der Waals surface area contributed by atoms with E-state index in [9.17, 15) is 9.59 Å². The van der Waals surface area contributed by atoms with Crippen LogP contribution in [0.5, 0.6) is 0 Å². The molecule has 0 saturated heterocycles. The Hall–Kier alpha value is -1.58. The molecular formula is C25H36O4. The second-order valence-corrected chi connectivity index (χ2v) is 10.4. The lowest BCUT2D eigenvalue weighted by atomic mass is 9.46. The van der Waals surface area contributed by atoms with Gasteiger partial charge < -0.3 is 9.47 Å². The molecule has 4 heteroatoms. The summed E-state index contributed by atoms with van der Waals surface area (Å²) in [5.41, 5.74) is 0.342. The highest BCUT2D eigenvalue weighted by molar-refractivity contribution is 5.66. The smallest absolute Gasteiger partial charge is 0.303 e. The van der Waals surface area contributed by atoms with Crippen LogP contribution in [0.4, 0.5) is 0 Å². The van der Waals surface area contributed by atoms with Crippen LogP contribution in [0.15, 0.2) is 24.8 Å². The van der Waals surface area contributed by atoms with Crippen molar-refractivity contribution in [2.45, 2.75) is 78.4 Å². The predicted octanol–water partition coefficient (Wildman–Crippen LogP) is 5.08. The van der Waals surface area contributed by atoms with Gasteiger partial charge in [0.15, 0.2) is 0 Å². The van der Waals surface area contributed by atoms with Crippen molar-refractivity contribution in [1.29, 1.82) is 0 Å². The molecule has 0 aliphatic heterocycles. The summed E-state index contributed by atoms with van der Waals surface area (Å²) in [5, 5.41) is 0. The molecule has 0 aromatic carbocycles. The maximum Gasteiger partial charge on any atom is 0.303 e. The first-order valence-corrected chi connectivity index (χ1v) is 11.4. The van der Waals surface area contributed by atoms with Crippen molar-refractivity contribution in [3.05, 3.63) is 24.8 Å². The number of esters is 2. The van der Waals surface area contributed by atoms with Crippen LogP contribution < -0.4 is 0 Å².